The minimum absolute atomic E-state index is 0.103. The first kappa shape index (κ1) is 12.4. The second kappa shape index (κ2) is 4.70. The number of hydrogen-bond donors (Lipinski definition) is 2. The molecule has 0 aliphatic carbocycles. The van der Waals surface area contributed by atoms with Crippen molar-refractivity contribution in [3.05, 3.63) is 58.8 Å². The van der Waals surface area contributed by atoms with Gasteiger partial charge in [0.25, 0.3) is 0 Å². The molecule has 3 N–H and O–H groups in total. The van der Waals surface area contributed by atoms with Gasteiger partial charge in [0.05, 0.1) is 0 Å². The second-order valence-electron chi connectivity index (χ2n) is 3.97. The minimum atomic E-state index is -1.34. The molecule has 1 atom stereocenters. The summed E-state index contributed by atoms with van der Waals surface area (Å²) in [6, 6.07) is 5.28. The van der Waals surface area contributed by atoms with Gasteiger partial charge in [-0.05, 0) is 24.6 Å². The summed E-state index contributed by atoms with van der Waals surface area (Å²) in [6.45, 7) is 1.72. The average Bonchev–Trinajstić information content (AvgIpc) is 2.32. The Bertz CT molecular complexity index is 567. The molecule has 18 heavy (non-hydrogen) atoms. The van der Waals surface area contributed by atoms with E-state index in [9.17, 15) is 13.9 Å². The van der Waals surface area contributed by atoms with Crippen LogP contribution in [0.2, 0.25) is 0 Å². The Morgan fingerprint density at radius 3 is 2.67 bits per heavy atom. The molecule has 0 aliphatic rings. The van der Waals surface area contributed by atoms with Crippen LogP contribution in [-0.2, 0) is 0 Å². The fourth-order valence-corrected chi connectivity index (χ4v) is 1.83. The summed E-state index contributed by atoms with van der Waals surface area (Å²) in [6.07, 6.45) is 0.150. The third-order valence-corrected chi connectivity index (χ3v) is 2.79. The molecule has 0 saturated heterocycles. The van der Waals surface area contributed by atoms with Gasteiger partial charge in [0.2, 0.25) is 0 Å². The van der Waals surface area contributed by atoms with Gasteiger partial charge in [0, 0.05) is 17.3 Å². The molecule has 1 aromatic carbocycles. The highest BCUT2D eigenvalue weighted by Crippen LogP contribution is 2.30. The summed E-state index contributed by atoms with van der Waals surface area (Å²) in [5, 5.41) is 10.1. The van der Waals surface area contributed by atoms with E-state index in [0.29, 0.717) is 11.1 Å². The number of aliphatic hydroxyl groups is 1. The highest BCUT2D eigenvalue weighted by atomic mass is 19.2. The first-order valence-corrected chi connectivity index (χ1v) is 5.35. The maximum atomic E-state index is 13.6. The van der Waals surface area contributed by atoms with E-state index in [1.54, 1.807) is 13.0 Å². The summed E-state index contributed by atoms with van der Waals surface area (Å²) in [5.74, 6) is -1.98. The van der Waals surface area contributed by atoms with Crippen molar-refractivity contribution in [1.29, 1.82) is 0 Å². The SMILES string of the molecule is Cc1ccnc(N)c1C(O)c1cccc(F)c1F. The number of nitrogen functional groups attached to an aromatic ring is 1. The number of nitrogens with two attached hydrogens (primary N) is 1. The third kappa shape index (κ3) is 2.04. The summed E-state index contributed by atoms with van der Waals surface area (Å²) in [7, 11) is 0. The summed E-state index contributed by atoms with van der Waals surface area (Å²) in [5.41, 5.74) is 6.46. The highest BCUT2D eigenvalue weighted by Gasteiger charge is 2.21. The van der Waals surface area contributed by atoms with E-state index >= 15 is 0 Å². The number of benzene rings is 1. The van der Waals surface area contributed by atoms with Gasteiger partial charge in [-0.2, -0.15) is 0 Å². The quantitative estimate of drug-likeness (QED) is 0.860. The monoisotopic (exact) mass is 250 g/mol. The van der Waals surface area contributed by atoms with Gasteiger partial charge in [-0.25, -0.2) is 13.8 Å². The maximum Gasteiger partial charge on any atom is 0.164 e. The first-order valence-electron chi connectivity index (χ1n) is 5.35. The lowest BCUT2D eigenvalue weighted by atomic mass is 9.98. The molecule has 2 aromatic rings. The van der Waals surface area contributed by atoms with Crippen molar-refractivity contribution in [2.75, 3.05) is 5.73 Å². The van der Waals surface area contributed by atoms with Crippen LogP contribution >= 0.6 is 0 Å². The van der Waals surface area contributed by atoms with E-state index in [2.05, 4.69) is 4.98 Å². The van der Waals surface area contributed by atoms with Crippen LogP contribution in [-0.4, -0.2) is 10.1 Å². The molecule has 1 aromatic heterocycles. The van der Waals surface area contributed by atoms with Crippen molar-refractivity contribution in [3.8, 4) is 0 Å². The topological polar surface area (TPSA) is 59.1 Å². The van der Waals surface area contributed by atoms with Gasteiger partial charge in [0.1, 0.15) is 11.9 Å². The lowest BCUT2D eigenvalue weighted by molar-refractivity contribution is 0.213. The lowest BCUT2D eigenvalue weighted by Crippen LogP contribution is -2.10. The van der Waals surface area contributed by atoms with E-state index in [1.807, 2.05) is 0 Å². The van der Waals surface area contributed by atoms with Crippen LogP contribution in [0.3, 0.4) is 0 Å². The van der Waals surface area contributed by atoms with Crippen molar-refractivity contribution in [2.24, 2.45) is 0 Å². The van der Waals surface area contributed by atoms with Crippen LogP contribution < -0.4 is 5.73 Å². The molecule has 1 unspecified atom stereocenters. The minimum Gasteiger partial charge on any atom is -0.383 e. The number of aryl methyl sites for hydroxylation is 1. The Balaban J connectivity index is 2.55. The van der Waals surface area contributed by atoms with E-state index < -0.39 is 17.7 Å². The van der Waals surface area contributed by atoms with Crippen molar-refractivity contribution in [2.45, 2.75) is 13.0 Å². The molecule has 5 heteroatoms. The largest absolute Gasteiger partial charge is 0.383 e. The van der Waals surface area contributed by atoms with Crippen molar-refractivity contribution in [3.63, 3.8) is 0 Å². The second-order valence-corrected chi connectivity index (χ2v) is 3.97. The lowest BCUT2D eigenvalue weighted by Gasteiger charge is -2.16. The van der Waals surface area contributed by atoms with Crippen LogP contribution in [0.15, 0.2) is 30.5 Å². The van der Waals surface area contributed by atoms with Crippen LogP contribution in [0.1, 0.15) is 22.8 Å². The number of aromatic nitrogens is 1. The van der Waals surface area contributed by atoms with E-state index in [-0.39, 0.29) is 11.4 Å². The van der Waals surface area contributed by atoms with Crippen molar-refractivity contribution in [1.82, 2.24) is 4.98 Å². The molecule has 0 saturated carbocycles. The molecule has 0 bridgehead atoms. The fourth-order valence-electron chi connectivity index (χ4n) is 1.83. The van der Waals surface area contributed by atoms with E-state index in [4.69, 9.17) is 5.73 Å². The van der Waals surface area contributed by atoms with Gasteiger partial charge < -0.3 is 10.8 Å². The average molecular weight is 250 g/mol. The molecule has 0 aliphatic heterocycles. The normalized spacial score (nSPS) is 12.4. The molecule has 94 valence electrons. The number of hydrogen-bond acceptors (Lipinski definition) is 3. The van der Waals surface area contributed by atoms with Crippen LogP contribution in [0.25, 0.3) is 0 Å². The predicted molar refractivity (Wildman–Crippen MR) is 63.8 cm³/mol. The van der Waals surface area contributed by atoms with Gasteiger partial charge in [0.15, 0.2) is 11.6 Å². The van der Waals surface area contributed by atoms with Gasteiger partial charge in [-0.1, -0.05) is 12.1 Å². The van der Waals surface area contributed by atoms with E-state index in [1.165, 1.54) is 18.3 Å². The van der Waals surface area contributed by atoms with Gasteiger partial charge in [-0.3, -0.25) is 0 Å². The highest BCUT2D eigenvalue weighted by molar-refractivity contribution is 5.49. The Morgan fingerprint density at radius 1 is 1.28 bits per heavy atom. The van der Waals surface area contributed by atoms with Gasteiger partial charge in [-0.15, -0.1) is 0 Å². The van der Waals surface area contributed by atoms with Gasteiger partial charge >= 0.3 is 0 Å². The number of aliphatic hydroxyl groups excluding tert-OH is 1. The third-order valence-electron chi connectivity index (χ3n) is 2.79. The van der Waals surface area contributed by atoms with Crippen molar-refractivity contribution >= 4 is 5.82 Å². The van der Waals surface area contributed by atoms with Crippen LogP contribution in [0.5, 0.6) is 0 Å². The summed E-state index contributed by atoms with van der Waals surface area (Å²) in [4.78, 5) is 3.84. The molecule has 0 amide bonds. The molecule has 0 fully saturated rings. The summed E-state index contributed by atoms with van der Waals surface area (Å²) < 4.78 is 26.7. The molecular formula is C13H12F2N2O. The Hall–Kier alpha value is -2.01. The zero-order chi connectivity index (χ0) is 13.3. The fraction of sp³-hybridized carbons (Fsp3) is 0.154. The van der Waals surface area contributed by atoms with E-state index in [0.717, 1.165) is 6.07 Å². The number of nitrogens with zero attached hydrogens (tertiary/aromatic N) is 1. The molecular weight excluding hydrogens is 238 g/mol. The predicted octanol–water partition coefficient (Wildman–Crippen LogP) is 2.33. The number of anilines is 1. The molecule has 1 heterocycles. The number of halogens is 2. The first-order chi connectivity index (χ1) is 8.52. The molecule has 0 radical (unpaired) electrons. The van der Waals surface area contributed by atoms with Crippen molar-refractivity contribution < 1.29 is 13.9 Å². The molecule has 2 rings (SSSR count). The van der Waals surface area contributed by atoms with Crippen LogP contribution in [0, 0.1) is 18.6 Å². The zero-order valence-electron chi connectivity index (χ0n) is 9.69. The Morgan fingerprint density at radius 2 is 2.00 bits per heavy atom. The standard InChI is InChI=1S/C13H12F2N2O/c1-7-5-6-17-13(16)10(7)12(18)8-3-2-4-9(14)11(8)15/h2-6,12,18H,1H3,(H2,16,17). The zero-order valence-corrected chi connectivity index (χ0v) is 9.69. The Labute approximate surface area is 103 Å². The smallest absolute Gasteiger partial charge is 0.164 e. The Kier molecular flexibility index (Phi) is 3.25. The maximum absolute atomic E-state index is 13.6. The summed E-state index contributed by atoms with van der Waals surface area (Å²) >= 11 is 0. The number of pyridine rings is 1. The molecule has 3 nitrogen and oxygen atoms in total. The molecule has 0 spiro atoms. The van der Waals surface area contributed by atoms with Crippen LogP contribution in [0.4, 0.5) is 14.6 Å². The number of rotatable bonds is 2.